The quantitative estimate of drug-likeness (QED) is 0.683. The fourth-order valence-corrected chi connectivity index (χ4v) is 1.83. The van der Waals surface area contributed by atoms with Gasteiger partial charge in [-0.1, -0.05) is 42.5 Å². The number of aliphatic carboxylic acids is 1. The van der Waals surface area contributed by atoms with Crippen molar-refractivity contribution in [2.24, 2.45) is 0 Å². The fourth-order valence-electron chi connectivity index (χ4n) is 1.83. The van der Waals surface area contributed by atoms with Gasteiger partial charge in [0.15, 0.2) is 0 Å². The molecule has 102 valence electrons. The van der Waals surface area contributed by atoms with Crippen molar-refractivity contribution >= 4 is 17.4 Å². The lowest BCUT2D eigenvalue weighted by atomic mass is 10.0. The van der Waals surface area contributed by atoms with Gasteiger partial charge in [-0.2, -0.15) is 0 Å². The second kappa shape index (κ2) is 6.02. The molecule has 0 aliphatic heterocycles. The number of carboxylic acids is 1. The zero-order chi connectivity index (χ0) is 14.5. The first-order chi connectivity index (χ1) is 9.63. The fraction of sp³-hybridized carbons (Fsp3) is 0.0625. The molecule has 0 aromatic heterocycles. The van der Waals surface area contributed by atoms with Gasteiger partial charge in [-0.3, -0.25) is 0 Å². The molecule has 0 unspecified atom stereocenters. The molecule has 0 bridgehead atoms. The molecule has 0 atom stereocenters. The Kier molecular flexibility index (Phi) is 4.15. The van der Waals surface area contributed by atoms with E-state index in [2.05, 4.69) is 0 Å². The van der Waals surface area contributed by atoms with E-state index >= 15 is 0 Å². The van der Waals surface area contributed by atoms with Crippen LogP contribution in [0.3, 0.4) is 0 Å². The van der Waals surface area contributed by atoms with Crippen molar-refractivity contribution in [1.29, 1.82) is 0 Å². The van der Waals surface area contributed by atoms with E-state index in [1.165, 1.54) is 31.4 Å². The molecule has 0 aliphatic carbocycles. The van der Waals surface area contributed by atoms with Crippen LogP contribution in [0.25, 0.3) is 11.4 Å². The summed E-state index contributed by atoms with van der Waals surface area (Å²) in [5.41, 5.74) is 0.166. The lowest BCUT2D eigenvalue weighted by molar-refractivity contribution is -0.130. The van der Waals surface area contributed by atoms with Crippen LogP contribution in [0.2, 0.25) is 0 Å². The van der Waals surface area contributed by atoms with Gasteiger partial charge < -0.3 is 9.84 Å². The molecule has 0 aliphatic rings. The van der Waals surface area contributed by atoms with Crippen molar-refractivity contribution in [2.45, 2.75) is 0 Å². The van der Waals surface area contributed by atoms with Crippen LogP contribution < -0.4 is 4.74 Å². The van der Waals surface area contributed by atoms with Crippen LogP contribution in [0.1, 0.15) is 11.1 Å². The Morgan fingerprint density at radius 1 is 1.00 bits per heavy atom. The number of rotatable bonds is 4. The van der Waals surface area contributed by atoms with Crippen LogP contribution in [0.5, 0.6) is 5.75 Å². The highest BCUT2D eigenvalue weighted by Crippen LogP contribution is 2.28. The van der Waals surface area contributed by atoms with Crippen molar-refractivity contribution in [3.63, 3.8) is 0 Å². The molecule has 2 aromatic carbocycles. The van der Waals surface area contributed by atoms with Crippen molar-refractivity contribution in [2.75, 3.05) is 7.11 Å². The zero-order valence-corrected chi connectivity index (χ0v) is 10.8. The highest BCUT2D eigenvalue weighted by atomic mass is 19.1. The van der Waals surface area contributed by atoms with Crippen LogP contribution in [-0.4, -0.2) is 18.2 Å². The molecular formula is C16H13FO3. The van der Waals surface area contributed by atoms with Crippen LogP contribution >= 0.6 is 0 Å². The van der Waals surface area contributed by atoms with E-state index in [1.807, 2.05) is 0 Å². The zero-order valence-electron chi connectivity index (χ0n) is 10.8. The summed E-state index contributed by atoms with van der Waals surface area (Å²) in [7, 11) is 1.51. The largest absolute Gasteiger partial charge is 0.497 e. The van der Waals surface area contributed by atoms with Crippen LogP contribution in [0.4, 0.5) is 4.39 Å². The molecule has 20 heavy (non-hydrogen) atoms. The Morgan fingerprint density at radius 2 is 1.60 bits per heavy atom. The van der Waals surface area contributed by atoms with Gasteiger partial charge in [-0.05, 0) is 17.7 Å². The molecule has 0 spiro atoms. The van der Waals surface area contributed by atoms with Gasteiger partial charge in [0.05, 0.1) is 7.11 Å². The predicted octanol–water partition coefficient (Wildman–Crippen LogP) is 3.62. The molecule has 0 heterocycles. The monoisotopic (exact) mass is 272 g/mol. The molecule has 1 N–H and O–H groups in total. The maximum absolute atomic E-state index is 14.4. The van der Waals surface area contributed by atoms with Crippen molar-refractivity contribution < 1.29 is 19.0 Å². The number of hydrogen-bond acceptors (Lipinski definition) is 2. The summed E-state index contributed by atoms with van der Waals surface area (Å²) in [5, 5.41) is 9.26. The summed E-state index contributed by atoms with van der Waals surface area (Å²) < 4.78 is 19.4. The van der Waals surface area contributed by atoms with E-state index in [9.17, 15) is 14.3 Å². The number of ether oxygens (including phenoxy) is 1. The SMILES string of the molecule is COc1ccc(C(C(=O)O)=C(F)c2ccccc2)cc1. The summed E-state index contributed by atoms with van der Waals surface area (Å²) in [6.07, 6.45) is 0. The highest BCUT2D eigenvalue weighted by Gasteiger charge is 2.18. The third kappa shape index (κ3) is 2.85. The van der Waals surface area contributed by atoms with Gasteiger partial charge in [-0.15, -0.1) is 0 Å². The lowest BCUT2D eigenvalue weighted by Crippen LogP contribution is -2.02. The number of carboxylic acid groups (broad SMARTS) is 1. The van der Waals surface area contributed by atoms with Gasteiger partial charge in [-0.25, -0.2) is 9.18 Å². The topological polar surface area (TPSA) is 46.5 Å². The Hall–Kier alpha value is -2.62. The number of carbonyl (C=O) groups is 1. The Labute approximate surface area is 115 Å². The van der Waals surface area contributed by atoms with E-state index < -0.39 is 11.8 Å². The first-order valence-corrected chi connectivity index (χ1v) is 5.96. The minimum atomic E-state index is -1.31. The van der Waals surface area contributed by atoms with Gasteiger partial charge in [0, 0.05) is 5.56 Å². The second-order valence-electron chi connectivity index (χ2n) is 4.09. The van der Waals surface area contributed by atoms with E-state index in [4.69, 9.17) is 4.74 Å². The van der Waals surface area contributed by atoms with E-state index in [1.54, 1.807) is 30.3 Å². The van der Waals surface area contributed by atoms with Gasteiger partial charge in [0.1, 0.15) is 17.1 Å². The summed E-state index contributed by atoms with van der Waals surface area (Å²) in [6, 6.07) is 14.3. The van der Waals surface area contributed by atoms with Crippen molar-refractivity contribution in [3.05, 3.63) is 65.7 Å². The molecule has 4 heteroatoms. The number of halogens is 1. The van der Waals surface area contributed by atoms with E-state index in [-0.39, 0.29) is 11.1 Å². The Balaban J connectivity index is 2.53. The van der Waals surface area contributed by atoms with Gasteiger partial charge in [0.25, 0.3) is 0 Å². The highest BCUT2D eigenvalue weighted by molar-refractivity contribution is 6.22. The second-order valence-corrected chi connectivity index (χ2v) is 4.09. The minimum Gasteiger partial charge on any atom is -0.497 e. The molecule has 2 aromatic rings. The molecule has 0 amide bonds. The van der Waals surface area contributed by atoms with Gasteiger partial charge >= 0.3 is 5.97 Å². The number of benzene rings is 2. The molecule has 2 rings (SSSR count). The lowest BCUT2D eigenvalue weighted by Gasteiger charge is -2.07. The number of methoxy groups -OCH3 is 1. The maximum atomic E-state index is 14.4. The van der Waals surface area contributed by atoms with Crippen LogP contribution in [0.15, 0.2) is 54.6 Å². The van der Waals surface area contributed by atoms with Crippen molar-refractivity contribution in [3.8, 4) is 5.75 Å². The number of hydrogen-bond donors (Lipinski definition) is 1. The molecular weight excluding hydrogens is 259 g/mol. The van der Waals surface area contributed by atoms with E-state index in [0.717, 1.165) is 0 Å². The first-order valence-electron chi connectivity index (χ1n) is 5.96. The molecule has 0 fully saturated rings. The predicted molar refractivity (Wildman–Crippen MR) is 75.0 cm³/mol. The normalized spacial score (nSPS) is 11.7. The summed E-state index contributed by atoms with van der Waals surface area (Å²) in [6.45, 7) is 0. The average Bonchev–Trinajstić information content (AvgIpc) is 2.48. The van der Waals surface area contributed by atoms with Crippen LogP contribution in [0, 0.1) is 0 Å². The Morgan fingerprint density at radius 3 is 2.10 bits per heavy atom. The molecule has 0 radical (unpaired) electrons. The first kappa shape index (κ1) is 13.8. The van der Waals surface area contributed by atoms with Crippen LogP contribution in [-0.2, 0) is 4.79 Å². The van der Waals surface area contributed by atoms with E-state index in [0.29, 0.717) is 11.3 Å². The molecule has 0 saturated carbocycles. The summed E-state index contributed by atoms with van der Waals surface area (Å²) >= 11 is 0. The average molecular weight is 272 g/mol. The van der Waals surface area contributed by atoms with Gasteiger partial charge in [0.2, 0.25) is 0 Å². The van der Waals surface area contributed by atoms with Crippen molar-refractivity contribution in [1.82, 2.24) is 0 Å². The minimum absolute atomic E-state index is 0.237. The standard InChI is InChI=1S/C16H13FO3/c1-20-13-9-7-11(8-10-13)14(16(18)19)15(17)12-5-3-2-4-6-12/h2-10H,1H3,(H,18,19). The molecule has 3 nitrogen and oxygen atoms in total. The molecule has 0 saturated heterocycles. The maximum Gasteiger partial charge on any atom is 0.339 e. The third-order valence-corrected chi connectivity index (χ3v) is 2.84. The Bertz CT molecular complexity index is 631. The summed E-state index contributed by atoms with van der Waals surface area (Å²) in [4.78, 5) is 11.3. The third-order valence-electron chi connectivity index (χ3n) is 2.84. The summed E-state index contributed by atoms with van der Waals surface area (Å²) in [5.74, 6) is -1.49. The smallest absolute Gasteiger partial charge is 0.339 e.